The normalized spacial score (nSPS) is 10.4. The molecule has 0 radical (unpaired) electrons. The van der Waals surface area contributed by atoms with Crippen LogP contribution in [0.1, 0.15) is 0 Å². The standard InChI is InChI=1S/C10H14FNO4S.ClH/c1-15-9-4-3-8(7-10(9)16-2)12-5-6-17(11,13)14;/h3-4,7,12H,5-6H2,1-2H3;1H. The van der Waals surface area contributed by atoms with Crippen molar-refractivity contribution in [3.63, 3.8) is 0 Å². The van der Waals surface area contributed by atoms with Crippen molar-refractivity contribution < 1.29 is 21.8 Å². The summed E-state index contributed by atoms with van der Waals surface area (Å²) in [6.45, 7) is -0.00564. The van der Waals surface area contributed by atoms with E-state index in [9.17, 15) is 12.3 Å². The molecule has 0 aliphatic carbocycles. The van der Waals surface area contributed by atoms with Crippen LogP contribution >= 0.6 is 12.4 Å². The molecule has 1 aromatic rings. The van der Waals surface area contributed by atoms with Crippen LogP contribution in [0.4, 0.5) is 9.57 Å². The van der Waals surface area contributed by atoms with Gasteiger partial charge in [-0.15, -0.1) is 16.3 Å². The van der Waals surface area contributed by atoms with Gasteiger partial charge in [-0.3, -0.25) is 0 Å². The average Bonchev–Trinajstić information content (AvgIpc) is 2.27. The fraction of sp³-hybridized carbons (Fsp3) is 0.400. The first-order valence-electron chi connectivity index (χ1n) is 4.84. The van der Waals surface area contributed by atoms with Gasteiger partial charge in [0.15, 0.2) is 11.5 Å². The predicted molar refractivity (Wildman–Crippen MR) is 70.2 cm³/mol. The van der Waals surface area contributed by atoms with Gasteiger partial charge in [-0.2, -0.15) is 8.42 Å². The van der Waals surface area contributed by atoms with Gasteiger partial charge >= 0.3 is 10.2 Å². The Morgan fingerprint density at radius 2 is 1.83 bits per heavy atom. The minimum Gasteiger partial charge on any atom is -0.493 e. The SMILES string of the molecule is COc1ccc(NCCS(=O)(=O)F)cc1OC.Cl. The van der Waals surface area contributed by atoms with Gasteiger partial charge in [0.05, 0.1) is 20.0 Å². The maximum atomic E-state index is 12.2. The van der Waals surface area contributed by atoms with E-state index < -0.39 is 16.0 Å². The number of rotatable bonds is 6. The highest BCUT2D eigenvalue weighted by Crippen LogP contribution is 2.29. The quantitative estimate of drug-likeness (QED) is 0.812. The summed E-state index contributed by atoms with van der Waals surface area (Å²) in [5.41, 5.74) is 0.631. The number of halogens is 2. The Labute approximate surface area is 112 Å². The number of anilines is 1. The highest BCUT2D eigenvalue weighted by atomic mass is 35.5. The lowest BCUT2D eigenvalue weighted by atomic mass is 10.2. The van der Waals surface area contributed by atoms with E-state index in [0.29, 0.717) is 17.2 Å². The van der Waals surface area contributed by atoms with E-state index in [2.05, 4.69) is 5.32 Å². The molecule has 8 heteroatoms. The van der Waals surface area contributed by atoms with Gasteiger partial charge in [-0.25, -0.2) is 0 Å². The van der Waals surface area contributed by atoms with Crippen molar-refractivity contribution >= 4 is 28.3 Å². The third kappa shape index (κ3) is 5.42. The molecule has 0 aliphatic rings. The summed E-state index contributed by atoms with van der Waals surface area (Å²) in [5.74, 6) is 0.512. The Bertz CT molecular complexity index is 481. The molecule has 0 saturated carbocycles. The number of hydrogen-bond acceptors (Lipinski definition) is 5. The average molecular weight is 300 g/mol. The maximum absolute atomic E-state index is 12.2. The molecule has 1 N–H and O–H groups in total. The number of methoxy groups -OCH3 is 2. The molecule has 0 unspecified atom stereocenters. The molecule has 0 aromatic heterocycles. The number of hydrogen-bond donors (Lipinski definition) is 1. The van der Waals surface area contributed by atoms with Crippen molar-refractivity contribution in [3.05, 3.63) is 18.2 Å². The van der Waals surface area contributed by atoms with Crippen molar-refractivity contribution in [2.75, 3.05) is 31.8 Å². The molecule has 0 saturated heterocycles. The van der Waals surface area contributed by atoms with Crippen LogP contribution in [-0.2, 0) is 10.2 Å². The molecule has 18 heavy (non-hydrogen) atoms. The second kappa shape index (κ2) is 7.27. The Kier molecular flexibility index (Phi) is 6.79. The lowest BCUT2D eigenvalue weighted by Gasteiger charge is -2.10. The molecule has 0 atom stereocenters. The molecular weight excluding hydrogens is 285 g/mol. The fourth-order valence-corrected chi connectivity index (χ4v) is 1.61. The maximum Gasteiger partial charge on any atom is 0.304 e. The van der Waals surface area contributed by atoms with Gasteiger partial charge in [-0.1, -0.05) is 0 Å². The summed E-state index contributed by atoms with van der Waals surface area (Å²) in [6, 6.07) is 5.00. The Hall–Kier alpha value is -1.21. The van der Waals surface area contributed by atoms with E-state index in [1.54, 1.807) is 18.2 Å². The van der Waals surface area contributed by atoms with Crippen molar-refractivity contribution in [2.45, 2.75) is 0 Å². The molecule has 0 bridgehead atoms. The van der Waals surface area contributed by atoms with Crippen LogP contribution in [0.15, 0.2) is 18.2 Å². The van der Waals surface area contributed by atoms with E-state index in [0.717, 1.165) is 0 Å². The van der Waals surface area contributed by atoms with Gasteiger partial charge in [0, 0.05) is 18.3 Å². The van der Waals surface area contributed by atoms with Crippen molar-refractivity contribution in [1.82, 2.24) is 0 Å². The highest BCUT2D eigenvalue weighted by Gasteiger charge is 2.07. The Balaban J connectivity index is 0.00000289. The third-order valence-electron chi connectivity index (χ3n) is 2.06. The first kappa shape index (κ1) is 16.8. The topological polar surface area (TPSA) is 64.6 Å². The van der Waals surface area contributed by atoms with Gasteiger partial charge in [0.25, 0.3) is 0 Å². The summed E-state index contributed by atoms with van der Waals surface area (Å²) >= 11 is 0. The molecule has 5 nitrogen and oxygen atoms in total. The molecule has 0 amide bonds. The van der Waals surface area contributed by atoms with E-state index in [-0.39, 0.29) is 19.0 Å². The van der Waals surface area contributed by atoms with Crippen LogP contribution in [0.3, 0.4) is 0 Å². The number of benzene rings is 1. The van der Waals surface area contributed by atoms with Crippen molar-refractivity contribution in [2.24, 2.45) is 0 Å². The third-order valence-corrected chi connectivity index (χ3v) is 2.75. The van der Waals surface area contributed by atoms with Crippen LogP contribution in [0.2, 0.25) is 0 Å². The van der Waals surface area contributed by atoms with Crippen molar-refractivity contribution in [3.8, 4) is 11.5 Å². The minimum atomic E-state index is -4.44. The molecule has 1 rings (SSSR count). The molecule has 1 aromatic carbocycles. The second-order valence-corrected chi connectivity index (χ2v) is 4.73. The van der Waals surface area contributed by atoms with Gasteiger partial charge in [0.2, 0.25) is 0 Å². The molecule has 0 fully saturated rings. The lowest BCUT2D eigenvalue weighted by molar-refractivity contribution is 0.355. The molecule has 0 spiro atoms. The van der Waals surface area contributed by atoms with E-state index in [1.807, 2.05) is 0 Å². The lowest BCUT2D eigenvalue weighted by Crippen LogP contribution is -2.11. The fourth-order valence-electron chi connectivity index (χ4n) is 1.26. The number of ether oxygens (including phenoxy) is 2. The van der Waals surface area contributed by atoms with Crippen molar-refractivity contribution in [1.29, 1.82) is 0 Å². The number of nitrogens with one attached hydrogen (secondary N) is 1. The summed E-state index contributed by atoms with van der Waals surface area (Å²) in [7, 11) is -1.43. The van der Waals surface area contributed by atoms with Crippen LogP contribution < -0.4 is 14.8 Å². The molecular formula is C10H15ClFNO4S. The van der Waals surface area contributed by atoms with Gasteiger partial charge in [0.1, 0.15) is 0 Å². The van der Waals surface area contributed by atoms with E-state index in [4.69, 9.17) is 9.47 Å². The molecule has 0 heterocycles. The Morgan fingerprint density at radius 3 is 2.33 bits per heavy atom. The first-order chi connectivity index (χ1) is 7.96. The zero-order valence-corrected chi connectivity index (χ0v) is 11.6. The van der Waals surface area contributed by atoms with Gasteiger partial charge in [-0.05, 0) is 12.1 Å². The highest BCUT2D eigenvalue weighted by molar-refractivity contribution is 7.86. The summed E-state index contributed by atoms with van der Waals surface area (Å²) in [4.78, 5) is 0. The van der Waals surface area contributed by atoms with E-state index >= 15 is 0 Å². The monoisotopic (exact) mass is 299 g/mol. The zero-order valence-electron chi connectivity index (χ0n) is 9.97. The van der Waals surface area contributed by atoms with Gasteiger partial charge < -0.3 is 14.8 Å². The Morgan fingerprint density at radius 1 is 1.22 bits per heavy atom. The van der Waals surface area contributed by atoms with E-state index in [1.165, 1.54) is 14.2 Å². The summed E-state index contributed by atoms with van der Waals surface area (Å²) in [5, 5.41) is 2.77. The largest absolute Gasteiger partial charge is 0.493 e. The van der Waals surface area contributed by atoms with Crippen LogP contribution in [0.5, 0.6) is 11.5 Å². The second-order valence-electron chi connectivity index (χ2n) is 3.24. The minimum absolute atomic E-state index is 0. The van der Waals surface area contributed by atoms with Crippen LogP contribution in [0, 0.1) is 0 Å². The summed E-state index contributed by atoms with van der Waals surface area (Å²) < 4.78 is 42.9. The van der Waals surface area contributed by atoms with Crippen LogP contribution in [-0.4, -0.2) is 34.9 Å². The predicted octanol–water partition coefficient (Wildman–Crippen LogP) is 1.84. The zero-order chi connectivity index (χ0) is 12.9. The first-order valence-corrected chi connectivity index (χ1v) is 6.40. The molecule has 0 aliphatic heterocycles. The molecule has 104 valence electrons. The summed E-state index contributed by atoms with van der Waals surface area (Å²) in [6.07, 6.45) is 0. The van der Waals surface area contributed by atoms with Crippen LogP contribution in [0.25, 0.3) is 0 Å². The smallest absolute Gasteiger partial charge is 0.304 e.